The van der Waals surface area contributed by atoms with E-state index in [4.69, 9.17) is 5.11 Å². The molecule has 23 heavy (non-hydrogen) atoms. The van der Waals surface area contributed by atoms with Gasteiger partial charge >= 0.3 is 5.97 Å². The lowest BCUT2D eigenvalue weighted by atomic mass is 10.2. The van der Waals surface area contributed by atoms with Gasteiger partial charge in [0.1, 0.15) is 0 Å². The molecule has 2 N–H and O–H groups in total. The Morgan fingerprint density at radius 3 is 2.70 bits per heavy atom. The van der Waals surface area contributed by atoms with E-state index < -0.39 is 5.97 Å². The monoisotopic (exact) mass is 334 g/mol. The molecule has 0 saturated heterocycles. The fourth-order valence-electron chi connectivity index (χ4n) is 1.69. The SMILES string of the molecule is CC(C)(C)SCC(=O)Nc1cccc(-n2cc(C(=O)O)nn2)c1. The van der Waals surface area contributed by atoms with Gasteiger partial charge in [-0.2, -0.15) is 0 Å². The first-order valence-electron chi connectivity index (χ1n) is 6.94. The standard InChI is InChI=1S/C15H18N4O3S/c1-15(2,3)23-9-13(20)16-10-5-4-6-11(7-10)19-8-12(14(21)22)17-18-19/h4-8H,9H2,1-3H3,(H,16,20)(H,21,22). The molecule has 2 rings (SSSR count). The predicted octanol–water partition coefficient (Wildman–Crippen LogP) is 2.44. The zero-order chi connectivity index (χ0) is 17.0. The maximum Gasteiger partial charge on any atom is 0.358 e. The number of aromatic carboxylic acids is 1. The topological polar surface area (TPSA) is 97.1 Å². The van der Waals surface area contributed by atoms with Crippen molar-refractivity contribution >= 4 is 29.3 Å². The highest BCUT2D eigenvalue weighted by atomic mass is 32.2. The van der Waals surface area contributed by atoms with Crippen molar-refractivity contribution in [2.75, 3.05) is 11.1 Å². The summed E-state index contributed by atoms with van der Waals surface area (Å²) in [6, 6.07) is 6.97. The van der Waals surface area contributed by atoms with Crippen LogP contribution in [0.3, 0.4) is 0 Å². The van der Waals surface area contributed by atoms with Crippen molar-refractivity contribution in [3.8, 4) is 5.69 Å². The molecule has 1 amide bonds. The third-order valence-corrected chi connectivity index (χ3v) is 4.02. The van der Waals surface area contributed by atoms with Crippen molar-refractivity contribution in [2.45, 2.75) is 25.5 Å². The Morgan fingerprint density at radius 2 is 2.09 bits per heavy atom. The zero-order valence-electron chi connectivity index (χ0n) is 13.1. The van der Waals surface area contributed by atoms with Crippen molar-refractivity contribution in [3.05, 3.63) is 36.2 Å². The lowest BCUT2D eigenvalue weighted by Gasteiger charge is -2.17. The molecule has 1 aromatic heterocycles. The molecule has 0 fully saturated rings. The molecular formula is C15H18N4O3S. The third-order valence-electron chi connectivity index (χ3n) is 2.74. The number of nitrogens with zero attached hydrogens (tertiary/aromatic N) is 3. The average molecular weight is 334 g/mol. The first-order valence-corrected chi connectivity index (χ1v) is 7.93. The van der Waals surface area contributed by atoms with E-state index in [1.165, 1.54) is 10.9 Å². The molecule has 0 aliphatic carbocycles. The summed E-state index contributed by atoms with van der Waals surface area (Å²) in [6.07, 6.45) is 1.32. The minimum absolute atomic E-state index is 0.0210. The van der Waals surface area contributed by atoms with E-state index in [0.717, 1.165) is 0 Å². The minimum Gasteiger partial charge on any atom is -0.476 e. The minimum atomic E-state index is -1.14. The van der Waals surface area contributed by atoms with Gasteiger partial charge in [-0.3, -0.25) is 4.79 Å². The van der Waals surface area contributed by atoms with Gasteiger partial charge in [0.05, 0.1) is 17.6 Å². The lowest BCUT2D eigenvalue weighted by Crippen LogP contribution is -2.19. The summed E-state index contributed by atoms with van der Waals surface area (Å²) < 4.78 is 1.37. The summed E-state index contributed by atoms with van der Waals surface area (Å²) in [5, 5.41) is 19.0. The molecule has 0 aliphatic heterocycles. The Morgan fingerprint density at radius 1 is 1.35 bits per heavy atom. The van der Waals surface area contributed by atoms with E-state index in [-0.39, 0.29) is 16.3 Å². The van der Waals surface area contributed by atoms with Crippen molar-refractivity contribution in [1.29, 1.82) is 0 Å². The van der Waals surface area contributed by atoms with Gasteiger partial charge in [0.25, 0.3) is 0 Å². The van der Waals surface area contributed by atoms with E-state index in [1.807, 2.05) is 0 Å². The summed E-state index contributed by atoms with van der Waals surface area (Å²) in [5.74, 6) is -0.868. The van der Waals surface area contributed by atoms with Crippen molar-refractivity contribution in [1.82, 2.24) is 15.0 Å². The van der Waals surface area contributed by atoms with Crippen molar-refractivity contribution < 1.29 is 14.7 Å². The van der Waals surface area contributed by atoms with Gasteiger partial charge in [-0.1, -0.05) is 32.1 Å². The quantitative estimate of drug-likeness (QED) is 0.871. The highest BCUT2D eigenvalue weighted by molar-refractivity contribution is 8.01. The Hall–Kier alpha value is -2.35. The van der Waals surface area contributed by atoms with Crippen LogP contribution < -0.4 is 5.32 Å². The molecule has 0 spiro atoms. The Kier molecular flexibility index (Phi) is 5.05. The van der Waals surface area contributed by atoms with Gasteiger partial charge in [0, 0.05) is 10.4 Å². The van der Waals surface area contributed by atoms with Crippen molar-refractivity contribution in [2.24, 2.45) is 0 Å². The van der Waals surface area contributed by atoms with Crippen LogP contribution in [-0.2, 0) is 4.79 Å². The molecule has 0 bridgehead atoms. The number of anilines is 1. The maximum absolute atomic E-state index is 12.0. The number of hydrogen-bond donors (Lipinski definition) is 2. The number of carbonyl (C=O) groups is 2. The number of benzene rings is 1. The number of carbonyl (C=O) groups excluding carboxylic acids is 1. The number of carboxylic acids is 1. The van der Waals surface area contributed by atoms with Crippen LogP contribution in [0.5, 0.6) is 0 Å². The second-order valence-electron chi connectivity index (χ2n) is 5.85. The smallest absolute Gasteiger partial charge is 0.358 e. The summed E-state index contributed by atoms with van der Waals surface area (Å²) in [4.78, 5) is 22.8. The van der Waals surface area contributed by atoms with Crippen LogP contribution in [0.1, 0.15) is 31.3 Å². The fourth-order valence-corrected chi connectivity index (χ4v) is 2.33. The number of hydrogen-bond acceptors (Lipinski definition) is 5. The van der Waals surface area contributed by atoms with E-state index in [9.17, 15) is 9.59 Å². The molecule has 8 heteroatoms. The number of amides is 1. The normalized spacial score (nSPS) is 11.3. The zero-order valence-corrected chi connectivity index (χ0v) is 13.9. The van der Waals surface area contributed by atoms with E-state index >= 15 is 0 Å². The number of rotatable bonds is 5. The Balaban J connectivity index is 2.07. The van der Waals surface area contributed by atoms with Gasteiger partial charge in [-0.15, -0.1) is 16.9 Å². The van der Waals surface area contributed by atoms with Crippen LogP contribution in [0.15, 0.2) is 30.5 Å². The van der Waals surface area contributed by atoms with Gasteiger partial charge in [0.2, 0.25) is 5.91 Å². The molecule has 122 valence electrons. The highest BCUT2D eigenvalue weighted by Crippen LogP contribution is 2.23. The van der Waals surface area contributed by atoms with Crippen LogP contribution in [-0.4, -0.2) is 42.5 Å². The fraction of sp³-hybridized carbons (Fsp3) is 0.333. The molecule has 0 aliphatic rings. The first-order chi connectivity index (χ1) is 10.7. The predicted molar refractivity (Wildman–Crippen MR) is 89.2 cm³/mol. The molecule has 0 radical (unpaired) electrons. The summed E-state index contributed by atoms with van der Waals surface area (Å²) in [7, 11) is 0. The van der Waals surface area contributed by atoms with Crippen LogP contribution in [0.25, 0.3) is 5.69 Å². The van der Waals surface area contributed by atoms with Crippen LogP contribution in [0.2, 0.25) is 0 Å². The highest BCUT2D eigenvalue weighted by Gasteiger charge is 2.14. The molecule has 7 nitrogen and oxygen atoms in total. The summed E-state index contributed by atoms with van der Waals surface area (Å²) >= 11 is 1.56. The number of aromatic nitrogens is 3. The number of carboxylic acid groups (broad SMARTS) is 1. The Labute approximate surface area is 138 Å². The molecule has 0 unspecified atom stereocenters. The molecule has 2 aromatic rings. The largest absolute Gasteiger partial charge is 0.476 e. The van der Waals surface area contributed by atoms with E-state index in [0.29, 0.717) is 17.1 Å². The second-order valence-corrected chi connectivity index (χ2v) is 7.66. The molecule has 0 saturated carbocycles. The first kappa shape index (κ1) is 17.0. The van der Waals surface area contributed by atoms with Gasteiger partial charge in [0.15, 0.2) is 5.69 Å². The van der Waals surface area contributed by atoms with Gasteiger partial charge in [-0.05, 0) is 18.2 Å². The van der Waals surface area contributed by atoms with Gasteiger partial charge < -0.3 is 10.4 Å². The molecular weight excluding hydrogens is 316 g/mol. The van der Waals surface area contributed by atoms with Crippen molar-refractivity contribution in [3.63, 3.8) is 0 Å². The van der Waals surface area contributed by atoms with Crippen LogP contribution >= 0.6 is 11.8 Å². The van der Waals surface area contributed by atoms with Crippen LogP contribution in [0, 0.1) is 0 Å². The lowest BCUT2D eigenvalue weighted by molar-refractivity contribution is -0.113. The molecule has 1 heterocycles. The Bertz CT molecular complexity index is 722. The second kappa shape index (κ2) is 6.82. The third kappa shape index (κ3) is 5.10. The van der Waals surface area contributed by atoms with E-state index in [2.05, 4.69) is 36.4 Å². The van der Waals surface area contributed by atoms with E-state index in [1.54, 1.807) is 36.0 Å². The number of thioether (sulfide) groups is 1. The van der Waals surface area contributed by atoms with Crippen LogP contribution in [0.4, 0.5) is 5.69 Å². The van der Waals surface area contributed by atoms with Gasteiger partial charge in [-0.25, -0.2) is 9.48 Å². The summed E-state index contributed by atoms with van der Waals surface area (Å²) in [5.41, 5.74) is 1.10. The summed E-state index contributed by atoms with van der Waals surface area (Å²) in [6.45, 7) is 6.16. The number of nitrogens with one attached hydrogen (secondary N) is 1. The molecule has 0 atom stereocenters. The maximum atomic E-state index is 12.0. The average Bonchev–Trinajstić information content (AvgIpc) is 2.95. The molecule has 1 aromatic carbocycles.